The Hall–Kier alpha value is -0.400. The van der Waals surface area contributed by atoms with E-state index in [4.69, 9.17) is 10.7 Å². The van der Waals surface area contributed by atoms with Crippen LogP contribution in [0, 0.1) is 27.7 Å². The van der Waals surface area contributed by atoms with Crippen LogP contribution in [-0.4, -0.2) is 12.5 Å². The van der Waals surface area contributed by atoms with Crippen molar-refractivity contribution in [2.45, 2.75) is 46.8 Å². The third-order valence-electron chi connectivity index (χ3n) is 4.92. The van der Waals surface area contributed by atoms with E-state index in [9.17, 15) is 0 Å². The fourth-order valence-corrected chi connectivity index (χ4v) is 6.00. The molecular formula is C17H25ClS. The molecule has 0 aliphatic heterocycles. The summed E-state index contributed by atoms with van der Waals surface area (Å²) in [6.07, 6.45) is 4.43. The van der Waals surface area contributed by atoms with E-state index in [2.05, 4.69) is 54.1 Å². The summed E-state index contributed by atoms with van der Waals surface area (Å²) >= 11 is 0. The molecule has 0 fully saturated rings. The molecule has 0 bridgehead atoms. The van der Waals surface area contributed by atoms with Gasteiger partial charge in [0.05, 0.1) is 0 Å². The summed E-state index contributed by atoms with van der Waals surface area (Å²) in [7, 11) is 5.64. The summed E-state index contributed by atoms with van der Waals surface area (Å²) in [4.78, 5) is 0. The number of benzene rings is 1. The van der Waals surface area contributed by atoms with Crippen LogP contribution in [0.2, 0.25) is 0 Å². The molecule has 0 radical (unpaired) electrons. The Bertz CT molecular complexity index is 589. The fraction of sp³-hybridized carbons (Fsp3) is 0.529. The average Bonchev–Trinajstić information content (AvgIpc) is 2.57. The second-order valence-corrected chi connectivity index (χ2v) is 11.7. The van der Waals surface area contributed by atoms with Gasteiger partial charge in [0.25, 0.3) is 0 Å². The van der Waals surface area contributed by atoms with Crippen molar-refractivity contribution >= 4 is 25.5 Å². The second-order valence-electron chi connectivity index (χ2n) is 6.25. The highest BCUT2D eigenvalue weighted by atomic mass is 35.7. The van der Waals surface area contributed by atoms with E-state index in [1.807, 2.05) is 0 Å². The lowest BCUT2D eigenvalue weighted by molar-refractivity contribution is 1.08. The van der Waals surface area contributed by atoms with E-state index in [0.29, 0.717) is 5.25 Å². The molecule has 1 aromatic rings. The van der Waals surface area contributed by atoms with Gasteiger partial charge in [-0.15, -0.1) is 0 Å². The zero-order valence-electron chi connectivity index (χ0n) is 13.4. The van der Waals surface area contributed by atoms with E-state index < -0.39 is 9.24 Å². The Balaban J connectivity index is 2.88. The third-order valence-corrected chi connectivity index (χ3v) is 7.16. The third kappa shape index (κ3) is 2.06. The minimum absolute atomic E-state index is 0.419. The van der Waals surface area contributed by atoms with Crippen LogP contribution in [0.4, 0.5) is 0 Å². The zero-order valence-corrected chi connectivity index (χ0v) is 14.9. The molecule has 0 amide bonds. The summed E-state index contributed by atoms with van der Waals surface area (Å²) < 4.78 is 0. The molecule has 1 atom stereocenters. The maximum absolute atomic E-state index is 6.79. The maximum Gasteiger partial charge on any atom is 0.0480 e. The van der Waals surface area contributed by atoms with Crippen molar-refractivity contribution < 1.29 is 0 Å². The molecule has 1 aliphatic rings. The summed E-state index contributed by atoms with van der Waals surface area (Å²) in [5.41, 5.74) is 11.7. The van der Waals surface area contributed by atoms with Gasteiger partial charge in [-0.05, 0) is 93.0 Å². The highest BCUT2D eigenvalue weighted by molar-refractivity contribution is 8.50. The predicted molar refractivity (Wildman–Crippen MR) is 91.7 cm³/mol. The van der Waals surface area contributed by atoms with Gasteiger partial charge >= 0.3 is 0 Å². The highest BCUT2D eigenvalue weighted by Crippen LogP contribution is 2.66. The Morgan fingerprint density at radius 3 is 1.74 bits per heavy atom. The minimum atomic E-state index is -1.15. The van der Waals surface area contributed by atoms with Gasteiger partial charge in [-0.2, -0.15) is 9.24 Å². The maximum atomic E-state index is 6.79. The van der Waals surface area contributed by atoms with Crippen LogP contribution < -0.4 is 0 Å². The number of hydrogen-bond donors (Lipinski definition) is 0. The Morgan fingerprint density at radius 1 is 0.789 bits per heavy atom. The SMILES string of the molecule is CC1=C(C)C(S(C)(C)Cl)c2c(C)c(C)c(C)c(C)c21. The lowest BCUT2D eigenvalue weighted by atomic mass is 9.88. The zero-order chi connectivity index (χ0) is 14.7. The van der Waals surface area contributed by atoms with Gasteiger partial charge in [0.15, 0.2) is 0 Å². The highest BCUT2D eigenvalue weighted by Gasteiger charge is 2.37. The first-order valence-electron chi connectivity index (χ1n) is 6.78. The summed E-state index contributed by atoms with van der Waals surface area (Å²) in [6, 6.07) is 0. The molecule has 0 saturated heterocycles. The number of rotatable bonds is 1. The first-order valence-corrected chi connectivity index (χ1v) is 10.1. The minimum Gasteiger partial charge on any atom is -0.158 e. The second kappa shape index (κ2) is 4.56. The van der Waals surface area contributed by atoms with Crippen LogP contribution in [-0.2, 0) is 0 Å². The fourth-order valence-electron chi connectivity index (χ4n) is 3.46. The molecule has 0 nitrogen and oxygen atoms in total. The molecule has 0 heterocycles. The van der Waals surface area contributed by atoms with Gasteiger partial charge in [-0.25, -0.2) is 0 Å². The molecule has 19 heavy (non-hydrogen) atoms. The van der Waals surface area contributed by atoms with Crippen molar-refractivity contribution in [2.24, 2.45) is 0 Å². The lowest BCUT2D eigenvalue weighted by Gasteiger charge is -2.34. The van der Waals surface area contributed by atoms with Crippen LogP contribution >= 0.6 is 19.9 Å². The Kier molecular flexibility index (Phi) is 3.60. The molecule has 2 rings (SSSR count). The number of hydrogen-bond acceptors (Lipinski definition) is 0. The quantitative estimate of drug-likeness (QED) is 0.597. The molecular weight excluding hydrogens is 272 g/mol. The molecule has 106 valence electrons. The van der Waals surface area contributed by atoms with E-state index in [0.717, 1.165) is 0 Å². The van der Waals surface area contributed by atoms with E-state index in [1.54, 1.807) is 0 Å². The van der Waals surface area contributed by atoms with Crippen molar-refractivity contribution in [3.05, 3.63) is 39.0 Å². The molecule has 1 aliphatic carbocycles. The number of halogens is 1. The van der Waals surface area contributed by atoms with E-state index in [1.165, 1.54) is 44.5 Å². The van der Waals surface area contributed by atoms with Gasteiger partial charge in [-0.1, -0.05) is 16.3 Å². The first-order chi connectivity index (χ1) is 8.59. The first kappa shape index (κ1) is 15.0. The van der Waals surface area contributed by atoms with Crippen LogP contribution in [0.15, 0.2) is 5.57 Å². The monoisotopic (exact) mass is 296 g/mol. The van der Waals surface area contributed by atoms with Crippen LogP contribution in [0.3, 0.4) is 0 Å². The van der Waals surface area contributed by atoms with E-state index >= 15 is 0 Å². The summed E-state index contributed by atoms with van der Waals surface area (Å²) in [5.74, 6) is 0. The smallest absolute Gasteiger partial charge is 0.0480 e. The molecule has 1 aromatic carbocycles. The standard InChI is InChI=1S/C17H25ClS/c1-9-10(2)12(4)16-15(11(9)3)13(5)14(6)17(16)19(7,8)18/h17H,1-8H3. The lowest BCUT2D eigenvalue weighted by Crippen LogP contribution is -2.08. The van der Waals surface area contributed by atoms with Crippen LogP contribution in [0.5, 0.6) is 0 Å². The normalized spacial score (nSPS) is 19.9. The van der Waals surface area contributed by atoms with Gasteiger partial charge in [0.1, 0.15) is 0 Å². The molecule has 0 aromatic heterocycles. The predicted octanol–water partition coefficient (Wildman–Crippen LogP) is 5.99. The molecule has 0 spiro atoms. The van der Waals surface area contributed by atoms with Crippen LogP contribution in [0.25, 0.3) is 5.57 Å². The van der Waals surface area contributed by atoms with Gasteiger partial charge in [0, 0.05) is 5.25 Å². The summed E-state index contributed by atoms with van der Waals surface area (Å²) in [5, 5.41) is 0.419. The van der Waals surface area contributed by atoms with Crippen molar-refractivity contribution in [1.29, 1.82) is 0 Å². The number of allylic oxidation sites excluding steroid dienone is 1. The van der Waals surface area contributed by atoms with Crippen molar-refractivity contribution in [3.63, 3.8) is 0 Å². The average molecular weight is 297 g/mol. The number of fused-ring (bicyclic) bond motifs is 1. The Labute approximate surface area is 124 Å². The van der Waals surface area contributed by atoms with Crippen molar-refractivity contribution in [1.82, 2.24) is 0 Å². The van der Waals surface area contributed by atoms with Crippen molar-refractivity contribution in [2.75, 3.05) is 12.5 Å². The molecule has 0 saturated carbocycles. The Morgan fingerprint density at radius 2 is 1.26 bits per heavy atom. The van der Waals surface area contributed by atoms with Crippen LogP contribution in [0.1, 0.15) is 52.5 Å². The molecule has 0 N–H and O–H groups in total. The van der Waals surface area contributed by atoms with E-state index in [-0.39, 0.29) is 0 Å². The topological polar surface area (TPSA) is 0 Å². The molecule has 1 unspecified atom stereocenters. The summed E-state index contributed by atoms with van der Waals surface area (Å²) in [6.45, 7) is 13.5. The van der Waals surface area contributed by atoms with Gasteiger partial charge in [-0.3, -0.25) is 0 Å². The van der Waals surface area contributed by atoms with Gasteiger partial charge < -0.3 is 0 Å². The molecule has 2 heteroatoms. The largest absolute Gasteiger partial charge is 0.158 e. The van der Waals surface area contributed by atoms with Gasteiger partial charge in [0.2, 0.25) is 0 Å². The van der Waals surface area contributed by atoms with Crippen molar-refractivity contribution in [3.8, 4) is 0 Å².